The van der Waals surface area contributed by atoms with Crippen molar-refractivity contribution in [2.24, 2.45) is 0 Å². The van der Waals surface area contributed by atoms with E-state index in [1.54, 1.807) is 0 Å². The fraction of sp³-hybridized carbons (Fsp3) is 0.0233. The number of hydrogen-bond donors (Lipinski definition) is 0. The Bertz CT molecular complexity index is 2750. The molecule has 11 rings (SSSR count). The lowest BCUT2D eigenvalue weighted by molar-refractivity contribution is 0.690. The maximum Gasteiger partial charge on any atom is 0.0764 e. The first-order chi connectivity index (χ1) is 22.8. The Morgan fingerprint density at radius 1 is 0.435 bits per heavy atom. The molecule has 7 aromatic carbocycles. The van der Waals surface area contributed by atoms with Gasteiger partial charge in [0, 0.05) is 40.7 Å². The Kier molecular flexibility index (Phi) is 4.92. The molecule has 1 nitrogen and oxygen atoms in total. The highest BCUT2D eigenvalue weighted by molar-refractivity contribution is 7.99. The summed E-state index contributed by atoms with van der Waals surface area (Å²) in [5.41, 5.74) is 11.3. The quantitative estimate of drug-likeness (QED) is 0.177. The molecular formula is C43H25NS2. The molecule has 46 heavy (non-hydrogen) atoms. The van der Waals surface area contributed by atoms with Gasteiger partial charge in [0.25, 0.3) is 0 Å². The molecule has 1 spiro atoms. The third kappa shape index (κ3) is 3.07. The van der Waals surface area contributed by atoms with E-state index in [0.717, 1.165) is 0 Å². The molecule has 9 aromatic rings. The number of hydrogen-bond acceptors (Lipinski definition) is 2. The minimum absolute atomic E-state index is 0.465. The first kappa shape index (κ1) is 25.1. The van der Waals surface area contributed by atoms with Gasteiger partial charge in [-0.15, -0.1) is 11.3 Å². The van der Waals surface area contributed by atoms with Crippen LogP contribution in [-0.4, -0.2) is 4.57 Å². The maximum atomic E-state index is 2.52. The van der Waals surface area contributed by atoms with Gasteiger partial charge < -0.3 is 4.57 Å². The molecule has 0 N–H and O–H groups in total. The van der Waals surface area contributed by atoms with E-state index in [1.165, 1.54) is 90.8 Å². The van der Waals surface area contributed by atoms with Crippen LogP contribution < -0.4 is 0 Å². The molecule has 0 amide bonds. The van der Waals surface area contributed by atoms with Gasteiger partial charge in [0.2, 0.25) is 0 Å². The van der Waals surface area contributed by atoms with E-state index < -0.39 is 5.41 Å². The van der Waals surface area contributed by atoms with Gasteiger partial charge in [0.1, 0.15) is 0 Å². The summed E-state index contributed by atoms with van der Waals surface area (Å²) in [6.07, 6.45) is 0. The second-order valence-corrected chi connectivity index (χ2v) is 14.6. The van der Waals surface area contributed by atoms with Crippen LogP contribution in [-0.2, 0) is 5.41 Å². The number of para-hydroxylation sites is 3. The number of thiophene rings is 1. The van der Waals surface area contributed by atoms with Crippen LogP contribution in [0.25, 0.3) is 58.8 Å². The van der Waals surface area contributed by atoms with Crippen molar-refractivity contribution >= 4 is 65.1 Å². The summed E-state index contributed by atoms with van der Waals surface area (Å²) in [6, 6.07) is 57.1. The molecule has 214 valence electrons. The van der Waals surface area contributed by atoms with Crippen LogP contribution in [0.15, 0.2) is 161 Å². The van der Waals surface area contributed by atoms with E-state index >= 15 is 0 Å². The second-order valence-electron chi connectivity index (χ2n) is 12.4. The van der Waals surface area contributed by atoms with Gasteiger partial charge in [-0.05, 0) is 81.9 Å². The molecule has 0 saturated heterocycles. The van der Waals surface area contributed by atoms with E-state index in [0.29, 0.717) is 0 Å². The third-order valence-corrected chi connectivity index (χ3v) is 12.6. The Balaban J connectivity index is 1.27. The smallest absolute Gasteiger partial charge is 0.0764 e. The monoisotopic (exact) mass is 619 g/mol. The van der Waals surface area contributed by atoms with Gasteiger partial charge in [-0.25, -0.2) is 0 Å². The summed E-state index contributed by atoms with van der Waals surface area (Å²) < 4.78 is 5.20. The van der Waals surface area contributed by atoms with E-state index in [2.05, 4.69) is 156 Å². The van der Waals surface area contributed by atoms with Gasteiger partial charge in [0.05, 0.1) is 22.1 Å². The van der Waals surface area contributed by atoms with Crippen LogP contribution in [0.4, 0.5) is 0 Å². The van der Waals surface area contributed by atoms with Gasteiger partial charge in [-0.1, -0.05) is 115 Å². The van der Waals surface area contributed by atoms with E-state index in [-0.39, 0.29) is 0 Å². The molecule has 1 unspecified atom stereocenters. The Morgan fingerprint density at radius 3 is 2.07 bits per heavy atom. The first-order valence-electron chi connectivity index (χ1n) is 15.8. The summed E-state index contributed by atoms with van der Waals surface area (Å²) in [6.45, 7) is 0. The van der Waals surface area contributed by atoms with Gasteiger partial charge in [-0.3, -0.25) is 0 Å². The fourth-order valence-electron chi connectivity index (χ4n) is 8.41. The molecular weight excluding hydrogens is 595 g/mol. The second kappa shape index (κ2) is 9.01. The van der Waals surface area contributed by atoms with Crippen molar-refractivity contribution in [1.82, 2.24) is 4.57 Å². The lowest BCUT2D eigenvalue weighted by Gasteiger charge is -2.45. The van der Waals surface area contributed by atoms with Crippen molar-refractivity contribution in [3.8, 4) is 16.8 Å². The van der Waals surface area contributed by atoms with Crippen LogP contribution in [0.5, 0.6) is 0 Å². The molecule has 4 heterocycles. The number of aromatic nitrogens is 1. The van der Waals surface area contributed by atoms with Gasteiger partial charge in [0.15, 0.2) is 0 Å². The van der Waals surface area contributed by atoms with Crippen LogP contribution in [0.3, 0.4) is 0 Å². The SMILES string of the molecule is c1ccc2c(c1)Sc1ccc(-c3ccc4sc5ccccc5c4c3)cc1C21c2ccccc2-n2c3ccccc3c3cccc1c32. The highest BCUT2D eigenvalue weighted by Crippen LogP contribution is 2.60. The summed E-state index contributed by atoms with van der Waals surface area (Å²) in [7, 11) is 0. The Morgan fingerprint density at radius 2 is 1.11 bits per heavy atom. The highest BCUT2D eigenvalue weighted by atomic mass is 32.2. The zero-order valence-corrected chi connectivity index (χ0v) is 26.3. The summed E-state index contributed by atoms with van der Waals surface area (Å²) >= 11 is 3.78. The molecule has 0 aliphatic carbocycles. The van der Waals surface area contributed by atoms with Crippen molar-refractivity contribution in [3.05, 3.63) is 174 Å². The minimum Gasteiger partial charge on any atom is -0.309 e. The molecule has 1 atom stereocenters. The van der Waals surface area contributed by atoms with Crippen molar-refractivity contribution in [2.45, 2.75) is 15.2 Å². The predicted octanol–water partition coefficient (Wildman–Crippen LogP) is 12.0. The number of fused-ring (bicyclic) bond motifs is 14. The first-order valence-corrected chi connectivity index (χ1v) is 17.4. The minimum atomic E-state index is -0.465. The van der Waals surface area contributed by atoms with Crippen LogP contribution in [0.1, 0.15) is 22.3 Å². The molecule has 0 saturated carbocycles. The summed E-state index contributed by atoms with van der Waals surface area (Å²) in [5, 5.41) is 5.28. The molecule has 2 aliphatic rings. The van der Waals surface area contributed by atoms with Crippen molar-refractivity contribution in [1.29, 1.82) is 0 Å². The summed E-state index contributed by atoms with van der Waals surface area (Å²) in [5.74, 6) is 0. The largest absolute Gasteiger partial charge is 0.309 e. The molecule has 3 heteroatoms. The zero-order valence-electron chi connectivity index (χ0n) is 24.7. The Hall–Kier alpha value is -5.09. The lowest BCUT2D eigenvalue weighted by atomic mass is 9.62. The molecule has 0 radical (unpaired) electrons. The number of rotatable bonds is 1. The average molecular weight is 620 g/mol. The average Bonchev–Trinajstić information content (AvgIpc) is 3.66. The predicted molar refractivity (Wildman–Crippen MR) is 195 cm³/mol. The molecule has 0 bridgehead atoms. The molecule has 0 fully saturated rings. The van der Waals surface area contributed by atoms with Crippen LogP contribution in [0, 0.1) is 0 Å². The van der Waals surface area contributed by atoms with Gasteiger partial charge in [-0.2, -0.15) is 0 Å². The fourth-order valence-corrected chi connectivity index (χ4v) is 10.7. The van der Waals surface area contributed by atoms with Gasteiger partial charge >= 0.3 is 0 Å². The van der Waals surface area contributed by atoms with Crippen LogP contribution in [0.2, 0.25) is 0 Å². The normalized spacial score (nSPS) is 16.3. The van der Waals surface area contributed by atoms with Crippen LogP contribution >= 0.6 is 23.1 Å². The van der Waals surface area contributed by atoms with E-state index in [1.807, 2.05) is 23.1 Å². The maximum absolute atomic E-state index is 2.52. The molecule has 2 aromatic heterocycles. The van der Waals surface area contributed by atoms with E-state index in [9.17, 15) is 0 Å². The Labute approximate surface area is 274 Å². The number of nitrogens with zero attached hydrogens (tertiary/aromatic N) is 1. The third-order valence-electron chi connectivity index (χ3n) is 10.3. The zero-order chi connectivity index (χ0) is 30.0. The lowest BCUT2D eigenvalue weighted by Crippen LogP contribution is -2.37. The highest BCUT2D eigenvalue weighted by Gasteiger charge is 2.49. The number of benzene rings is 7. The van der Waals surface area contributed by atoms with Crippen molar-refractivity contribution in [2.75, 3.05) is 0 Å². The summed E-state index contributed by atoms with van der Waals surface area (Å²) in [4.78, 5) is 2.64. The topological polar surface area (TPSA) is 4.93 Å². The molecule has 2 aliphatic heterocycles. The van der Waals surface area contributed by atoms with Crippen molar-refractivity contribution < 1.29 is 0 Å². The van der Waals surface area contributed by atoms with Crippen molar-refractivity contribution in [3.63, 3.8) is 0 Å². The standard InChI is InChI=1S/C43H25NS2/c1-5-16-36-28(10-1)30-12-9-15-34-42(30)44(36)37-17-6-3-13-32(37)43(34)33-14-4-8-19-40(33)46-41-23-21-27(25-35(41)43)26-20-22-39-31(24-26)29-11-2-7-18-38(29)45-39/h1-25H. The van der Waals surface area contributed by atoms with E-state index in [4.69, 9.17) is 0 Å².